The van der Waals surface area contributed by atoms with E-state index in [2.05, 4.69) is 5.32 Å². The van der Waals surface area contributed by atoms with Gasteiger partial charge in [-0.05, 0) is 26.7 Å². The molecule has 2 amide bonds. The highest BCUT2D eigenvalue weighted by Crippen LogP contribution is 2.38. The minimum Gasteiger partial charge on any atom is -0.340 e. The van der Waals surface area contributed by atoms with Gasteiger partial charge in [0.15, 0.2) is 0 Å². The number of hydrogen-bond acceptors (Lipinski definition) is 4. The van der Waals surface area contributed by atoms with Gasteiger partial charge in [-0.1, -0.05) is 19.3 Å². The van der Waals surface area contributed by atoms with Gasteiger partial charge in [-0.3, -0.25) is 9.59 Å². The van der Waals surface area contributed by atoms with E-state index in [9.17, 15) is 18.0 Å². The Kier molecular flexibility index (Phi) is 4.08. The van der Waals surface area contributed by atoms with E-state index in [1.54, 1.807) is 13.8 Å². The Morgan fingerprint density at radius 1 is 1.14 bits per heavy atom. The Labute approximate surface area is 126 Å². The van der Waals surface area contributed by atoms with E-state index in [0.29, 0.717) is 12.8 Å². The first-order valence-corrected chi connectivity index (χ1v) is 9.47. The molecule has 120 valence electrons. The standard InChI is InChI=1S/C14H24N2O4S/c1-13(2)12(18)16(9-10-21(3,19)20)14(11(17)15-13)7-5-4-6-8-14/h4-10H2,1-3H3,(H,15,17). The molecule has 1 N–H and O–H groups in total. The number of rotatable bonds is 3. The zero-order chi connectivity index (χ0) is 15.9. The molecular formula is C14H24N2O4S. The summed E-state index contributed by atoms with van der Waals surface area (Å²) in [7, 11) is -3.18. The van der Waals surface area contributed by atoms with Gasteiger partial charge in [-0.15, -0.1) is 0 Å². The lowest BCUT2D eigenvalue weighted by Crippen LogP contribution is -2.74. The van der Waals surface area contributed by atoms with Gasteiger partial charge >= 0.3 is 0 Å². The molecule has 0 unspecified atom stereocenters. The maximum absolute atomic E-state index is 12.7. The lowest BCUT2D eigenvalue weighted by atomic mass is 9.76. The molecule has 2 aliphatic rings. The average molecular weight is 316 g/mol. The van der Waals surface area contributed by atoms with E-state index in [4.69, 9.17) is 0 Å². The molecule has 0 aromatic heterocycles. The van der Waals surface area contributed by atoms with E-state index in [-0.39, 0.29) is 24.1 Å². The first kappa shape index (κ1) is 16.3. The first-order valence-electron chi connectivity index (χ1n) is 7.41. The number of carbonyl (C=O) groups excluding carboxylic acids is 2. The summed E-state index contributed by atoms with van der Waals surface area (Å²) in [4.78, 5) is 26.8. The van der Waals surface area contributed by atoms with Gasteiger partial charge < -0.3 is 10.2 Å². The number of amides is 2. The van der Waals surface area contributed by atoms with Crippen molar-refractivity contribution in [2.75, 3.05) is 18.6 Å². The first-order chi connectivity index (χ1) is 9.58. The van der Waals surface area contributed by atoms with Crippen molar-refractivity contribution in [3.05, 3.63) is 0 Å². The third-order valence-electron chi connectivity index (χ3n) is 4.51. The molecule has 6 nitrogen and oxygen atoms in total. The predicted octanol–water partition coefficient (Wildman–Crippen LogP) is 0.471. The Hall–Kier alpha value is -1.11. The molecule has 1 saturated carbocycles. The third-order valence-corrected chi connectivity index (χ3v) is 5.44. The Morgan fingerprint density at radius 2 is 1.71 bits per heavy atom. The van der Waals surface area contributed by atoms with E-state index in [1.165, 1.54) is 4.90 Å². The quantitative estimate of drug-likeness (QED) is 0.820. The number of nitrogens with one attached hydrogen (secondary N) is 1. The molecule has 0 bridgehead atoms. The van der Waals surface area contributed by atoms with Crippen LogP contribution >= 0.6 is 0 Å². The summed E-state index contributed by atoms with van der Waals surface area (Å²) in [5, 5.41) is 2.81. The molecule has 2 rings (SSSR count). The van der Waals surface area contributed by atoms with Gasteiger partial charge in [0.1, 0.15) is 20.9 Å². The minimum absolute atomic E-state index is 0.0918. The van der Waals surface area contributed by atoms with Gasteiger partial charge in [0.2, 0.25) is 11.8 Å². The lowest BCUT2D eigenvalue weighted by molar-refractivity contribution is -0.163. The van der Waals surface area contributed by atoms with E-state index < -0.39 is 20.9 Å². The van der Waals surface area contributed by atoms with Crippen LogP contribution in [0.3, 0.4) is 0 Å². The SMILES string of the molecule is CC1(C)NC(=O)C2(CCCCC2)N(CCS(C)(=O)=O)C1=O. The van der Waals surface area contributed by atoms with Gasteiger partial charge in [-0.25, -0.2) is 8.42 Å². The molecule has 1 spiro atoms. The Balaban J connectivity index is 2.35. The number of piperazine rings is 1. The van der Waals surface area contributed by atoms with Crippen LogP contribution in [0.4, 0.5) is 0 Å². The molecule has 7 heteroatoms. The monoisotopic (exact) mass is 316 g/mol. The molecule has 0 aromatic rings. The van der Waals surface area contributed by atoms with E-state index >= 15 is 0 Å². The summed E-state index contributed by atoms with van der Waals surface area (Å²) in [5.74, 6) is -0.433. The van der Waals surface area contributed by atoms with Crippen LogP contribution in [0.5, 0.6) is 0 Å². The van der Waals surface area contributed by atoms with Crippen molar-refractivity contribution in [2.24, 2.45) is 0 Å². The summed E-state index contributed by atoms with van der Waals surface area (Å²) < 4.78 is 22.9. The van der Waals surface area contributed by atoms with Crippen molar-refractivity contribution in [2.45, 2.75) is 57.0 Å². The smallest absolute Gasteiger partial charge is 0.248 e. The topological polar surface area (TPSA) is 83.6 Å². The summed E-state index contributed by atoms with van der Waals surface area (Å²) >= 11 is 0. The van der Waals surface area contributed by atoms with Gasteiger partial charge in [0, 0.05) is 12.8 Å². The van der Waals surface area contributed by atoms with Gasteiger partial charge in [0.05, 0.1) is 5.75 Å². The van der Waals surface area contributed by atoms with Crippen LogP contribution in [0.2, 0.25) is 0 Å². The second kappa shape index (κ2) is 5.26. The molecule has 1 heterocycles. The highest BCUT2D eigenvalue weighted by atomic mass is 32.2. The van der Waals surface area contributed by atoms with Crippen molar-refractivity contribution in [3.8, 4) is 0 Å². The van der Waals surface area contributed by atoms with Crippen LogP contribution in [0.25, 0.3) is 0 Å². The highest BCUT2D eigenvalue weighted by molar-refractivity contribution is 7.90. The maximum atomic E-state index is 12.7. The van der Waals surface area contributed by atoms with Crippen LogP contribution in [0, 0.1) is 0 Å². The summed E-state index contributed by atoms with van der Waals surface area (Å²) in [6, 6.07) is 0. The van der Waals surface area contributed by atoms with Gasteiger partial charge in [-0.2, -0.15) is 0 Å². The highest BCUT2D eigenvalue weighted by Gasteiger charge is 2.55. The van der Waals surface area contributed by atoms with Crippen molar-refractivity contribution >= 4 is 21.7 Å². The number of nitrogens with zero attached hydrogens (tertiary/aromatic N) is 1. The summed E-state index contributed by atoms with van der Waals surface area (Å²) in [6.07, 6.45) is 5.20. The molecule has 1 aliphatic carbocycles. The third kappa shape index (κ3) is 3.07. The number of hydrogen-bond donors (Lipinski definition) is 1. The average Bonchev–Trinajstić information content (AvgIpc) is 2.36. The molecule has 0 radical (unpaired) electrons. The Morgan fingerprint density at radius 3 is 2.24 bits per heavy atom. The molecule has 1 aliphatic heterocycles. The molecule has 0 aromatic carbocycles. The zero-order valence-electron chi connectivity index (χ0n) is 12.9. The van der Waals surface area contributed by atoms with Crippen molar-refractivity contribution in [3.63, 3.8) is 0 Å². The second-order valence-electron chi connectivity index (χ2n) is 6.76. The summed E-state index contributed by atoms with van der Waals surface area (Å²) in [6.45, 7) is 3.42. The van der Waals surface area contributed by atoms with Crippen molar-refractivity contribution in [1.82, 2.24) is 10.2 Å². The largest absolute Gasteiger partial charge is 0.340 e. The van der Waals surface area contributed by atoms with E-state index in [1.807, 2.05) is 0 Å². The molecule has 0 atom stereocenters. The Bertz CT molecular complexity index is 547. The van der Waals surface area contributed by atoms with Crippen LogP contribution in [0.15, 0.2) is 0 Å². The van der Waals surface area contributed by atoms with Crippen LogP contribution < -0.4 is 5.32 Å². The number of carbonyl (C=O) groups is 2. The second-order valence-corrected chi connectivity index (χ2v) is 9.02. The van der Waals surface area contributed by atoms with Crippen LogP contribution in [0.1, 0.15) is 46.0 Å². The lowest BCUT2D eigenvalue weighted by Gasteiger charge is -2.52. The molecular weight excluding hydrogens is 292 g/mol. The summed E-state index contributed by atoms with van der Waals surface area (Å²) in [5.41, 5.74) is -1.83. The molecule has 1 saturated heterocycles. The van der Waals surface area contributed by atoms with Crippen molar-refractivity contribution < 1.29 is 18.0 Å². The minimum atomic E-state index is -3.18. The molecule has 21 heavy (non-hydrogen) atoms. The fourth-order valence-corrected chi connectivity index (χ4v) is 3.83. The van der Waals surface area contributed by atoms with Gasteiger partial charge in [0.25, 0.3) is 0 Å². The molecule has 2 fully saturated rings. The predicted molar refractivity (Wildman–Crippen MR) is 79.5 cm³/mol. The fourth-order valence-electron chi connectivity index (χ4n) is 3.31. The number of sulfone groups is 1. The fraction of sp³-hybridized carbons (Fsp3) is 0.857. The van der Waals surface area contributed by atoms with Crippen molar-refractivity contribution in [1.29, 1.82) is 0 Å². The normalized spacial score (nSPS) is 25.0. The van der Waals surface area contributed by atoms with Crippen LogP contribution in [-0.4, -0.2) is 54.8 Å². The zero-order valence-corrected chi connectivity index (χ0v) is 13.8. The van der Waals surface area contributed by atoms with E-state index in [0.717, 1.165) is 25.5 Å². The maximum Gasteiger partial charge on any atom is 0.248 e. The van der Waals surface area contributed by atoms with Crippen LogP contribution in [-0.2, 0) is 19.4 Å².